The smallest absolute Gasteiger partial charge is 0.306 e. The van der Waals surface area contributed by atoms with Gasteiger partial charge in [0.2, 0.25) is 0 Å². The van der Waals surface area contributed by atoms with Gasteiger partial charge in [0, 0.05) is 0 Å². The van der Waals surface area contributed by atoms with Gasteiger partial charge in [-0.05, 0) is 38.5 Å². The van der Waals surface area contributed by atoms with Gasteiger partial charge in [0.1, 0.15) is 0 Å². The quantitative estimate of drug-likeness (QED) is 0.187. The van der Waals surface area contributed by atoms with Crippen LogP contribution < -0.4 is 0 Å². The van der Waals surface area contributed by atoms with Gasteiger partial charge in [0.05, 0.1) is 18.4 Å². The zero-order chi connectivity index (χ0) is 21.1. The van der Waals surface area contributed by atoms with Crippen molar-refractivity contribution in [1.29, 1.82) is 0 Å². The van der Waals surface area contributed by atoms with E-state index >= 15 is 0 Å². The predicted octanol–water partition coefficient (Wildman–Crippen LogP) is 5.87. The Morgan fingerprint density at radius 3 is 1.68 bits per heavy atom. The molecule has 0 aliphatic rings. The molecular weight excluding hydrogens is 356 g/mol. The van der Waals surface area contributed by atoms with Crippen LogP contribution in [0, 0.1) is 0 Å². The molecule has 0 spiro atoms. The zero-order valence-corrected chi connectivity index (χ0v) is 17.6. The first-order chi connectivity index (χ1) is 13.4. The summed E-state index contributed by atoms with van der Waals surface area (Å²) in [6, 6.07) is 0. The summed E-state index contributed by atoms with van der Waals surface area (Å²) in [4.78, 5) is 21.6. The molecule has 0 fully saturated rings. The zero-order valence-electron chi connectivity index (χ0n) is 17.6. The maximum Gasteiger partial charge on any atom is 0.306 e. The van der Waals surface area contributed by atoms with Crippen molar-refractivity contribution in [1.82, 2.24) is 0 Å². The van der Waals surface area contributed by atoms with Crippen LogP contribution in [0.1, 0.15) is 103 Å². The largest absolute Gasteiger partial charge is 0.481 e. The number of aliphatic hydroxyl groups is 1. The van der Waals surface area contributed by atoms with Crippen molar-refractivity contribution >= 4 is 11.9 Å². The number of hydrogen-bond donors (Lipinski definition) is 3. The summed E-state index contributed by atoms with van der Waals surface area (Å²) < 4.78 is 0. The van der Waals surface area contributed by atoms with Crippen molar-refractivity contribution in [3.05, 3.63) is 24.3 Å². The second kappa shape index (κ2) is 17.5. The third-order valence-corrected chi connectivity index (χ3v) is 4.80. The summed E-state index contributed by atoms with van der Waals surface area (Å²) >= 11 is 0. The van der Waals surface area contributed by atoms with Crippen molar-refractivity contribution in [2.45, 2.75) is 109 Å². The standard InChI is InChI=1S/C23H40O5/c1-2-3-4-5-6-7-8-9-10-11-12-13-14-15-16-17-18-23(28,19-21(24)25)20-22(26)27/h6-7,9-10,28H,2-5,8,11-20H2,1H3,(H,24,25)(H,26,27)/b7-6+,10-9+. The molecule has 0 atom stereocenters. The maximum absolute atomic E-state index is 10.8. The predicted molar refractivity (Wildman–Crippen MR) is 113 cm³/mol. The lowest BCUT2D eigenvalue weighted by Gasteiger charge is -2.24. The number of carboxylic acids is 2. The topological polar surface area (TPSA) is 94.8 Å². The first kappa shape index (κ1) is 26.4. The number of allylic oxidation sites excluding steroid dienone is 4. The first-order valence-electron chi connectivity index (χ1n) is 10.9. The van der Waals surface area contributed by atoms with Crippen LogP contribution in [0.5, 0.6) is 0 Å². The lowest BCUT2D eigenvalue weighted by Crippen LogP contribution is -2.34. The molecule has 0 aliphatic heterocycles. The molecule has 0 amide bonds. The van der Waals surface area contributed by atoms with Crippen LogP contribution in [-0.4, -0.2) is 32.9 Å². The summed E-state index contributed by atoms with van der Waals surface area (Å²) in [5.41, 5.74) is -1.63. The van der Waals surface area contributed by atoms with Gasteiger partial charge in [-0.25, -0.2) is 0 Å². The summed E-state index contributed by atoms with van der Waals surface area (Å²) in [5, 5.41) is 27.9. The second-order valence-electron chi connectivity index (χ2n) is 7.70. The van der Waals surface area contributed by atoms with Crippen LogP contribution in [0.4, 0.5) is 0 Å². The van der Waals surface area contributed by atoms with E-state index in [9.17, 15) is 14.7 Å². The molecule has 0 radical (unpaired) electrons. The SMILES string of the molecule is CCCCC/C=C/C/C=C/CCCCCCCCC(O)(CC(=O)O)CC(=O)O. The summed E-state index contributed by atoms with van der Waals surface area (Å²) in [6.45, 7) is 2.22. The van der Waals surface area contributed by atoms with Crippen molar-refractivity contribution < 1.29 is 24.9 Å². The van der Waals surface area contributed by atoms with Crippen LogP contribution in [0.2, 0.25) is 0 Å². The minimum absolute atomic E-state index is 0.223. The molecule has 0 saturated carbocycles. The molecule has 0 bridgehead atoms. The molecule has 0 aromatic rings. The molecule has 0 aromatic carbocycles. The van der Waals surface area contributed by atoms with E-state index < -0.39 is 30.4 Å². The number of hydrogen-bond acceptors (Lipinski definition) is 3. The van der Waals surface area contributed by atoms with Crippen LogP contribution in [0.3, 0.4) is 0 Å². The third-order valence-electron chi connectivity index (χ3n) is 4.80. The Bertz CT molecular complexity index is 452. The second-order valence-corrected chi connectivity index (χ2v) is 7.70. The van der Waals surface area contributed by atoms with E-state index in [1.54, 1.807) is 0 Å². The number of carbonyl (C=O) groups is 2. The van der Waals surface area contributed by atoms with E-state index in [-0.39, 0.29) is 6.42 Å². The van der Waals surface area contributed by atoms with Gasteiger partial charge in [0.25, 0.3) is 0 Å². The molecule has 0 unspecified atom stereocenters. The Morgan fingerprint density at radius 1 is 0.714 bits per heavy atom. The van der Waals surface area contributed by atoms with E-state index in [0.717, 1.165) is 38.5 Å². The van der Waals surface area contributed by atoms with Gasteiger partial charge < -0.3 is 15.3 Å². The fourth-order valence-corrected chi connectivity index (χ4v) is 3.24. The van der Waals surface area contributed by atoms with E-state index in [1.165, 1.54) is 32.1 Å². The van der Waals surface area contributed by atoms with Crippen molar-refractivity contribution in [2.75, 3.05) is 0 Å². The number of unbranched alkanes of at least 4 members (excludes halogenated alkanes) is 9. The van der Waals surface area contributed by atoms with Gasteiger partial charge in [0.15, 0.2) is 0 Å². The van der Waals surface area contributed by atoms with Gasteiger partial charge in [-0.3, -0.25) is 9.59 Å². The lowest BCUT2D eigenvalue weighted by molar-refractivity contribution is -0.149. The van der Waals surface area contributed by atoms with Gasteiger partial charge in [-0.1, -0.05) is 76.2 Å². The van der Waals surface area contributed by atoms with E-state index in [1.807, 2.05) is 0 Å². The van der Waals surface area contributed by atoms with Gasteiger partial charge in [-0.15, -0.1) is 0 Å². The third kappa shape index (κ3) is 17.8. The van der Waals surface area contributed by atoms with Crippen LogP contribution in [-0.2, 0) is 9.59 Å². The Hall–Kier alpha value is -1.62. The van der Waals surface area contributed by atoms with Crippen molar-refractivity contribution in [3.63, 3.8) is 0 Å². The maximum atomic E-state index is 10.8. The molecule has 0 aliphatic carbocycles. The summed E-state index contributed by atoms with van der Waals surface area (Å²) in [7, 11) is 0. The highest BCUT2D eigenvalue weighted by Gasteiger charge is 2.32. The molecule has 0 aromatic heterocycles. The highest BCUT2D eigenvalue weighted by Crippen LogP contribution is 2.24. The van der Waals surface area contributed by atoms with Crippen molar-refractivity contribution in [2.24, 2.45) is 0 Å². The van der Waals surface area contributed by atoms with Crippen LogP contribution >= 0.6 is 0 Å². The van der Waals surface area contributed by atoms with Crippen LogP contribution in [0.15, 0.2) is 24.3 Å². The first-order valence-corrected chi connectivity index (χ1v) is 10.9. The number of aliphatic carboxylic acids is 2. The molecule has 28 heavy (non-hydrogen) atoms. The Balaban J connectivity index is 3.63. The average molecular weight is 397 g/mol. The monoisotopic (exact) mass is 396 g/mol. The van der Waals surface area contributed by atoms with Crippen molar-refractivity contribution in [3.8, 4) is 0 Å². The van der Waals surface area contributed by atoms with Gasteiger partial charge >= 0.3 is 11.9 Å². The lowest BCUT2D eigenvalue weighted by atomic mass is 9.89. The Labute approximate surface area is 170 Å². The molecule has 0 saturated heterocycles. The molecule has 0 rings (SSSR count). The molecule has 5 heteroatoms. The summed E-state index contributed by atoms with van der Waals surface area (Å²) in [5.74, 6) is -2.33. The molecule has 0 heterocycles. The number of rotatable bonds is 19. The normalized spacial score (nSPS) is 12.2. The average Bonchev–Trinajstić information content (AvgIpc) is 2.60. The van der Waals surface area contributed by atoms with E-state index in [4.69, 9.17) is 10.2 Å². The molecule has 3 N–H and O–H groups in total. The fourth-order valence-electron chi connectivity index (χ4n) is 3.24. The van der Waals surface area contributed by atoms with E-state index in [0.29, 0.717) is 6.42 Å². The highest BCUT2D eigenvalue weighted by atomic mass is 16.4. The van der Waals surface area contributed by atoms with Gasteiger partial charge in [-0.2, -0.15) is 0 Å². The van der Waals surface area contributed by atoms with E-state index in [2.05, 4.69) is 31.2 Å². The molecule has 5 nitrogen and oxygen atoms in total. The Kier molecular flexibility index (Phi) is 16.5. The minimum atomic E-state index is -1.63. The minimum Gasteiger partial charge on any atom is -0.481 e. The highest BCUT2D eigenvalue weighted by molar-refractivity contribution is 5.72. The van der Waals surface area contributed by atoms with Crippen LogP contribution in [0.25, 0.3) is 0 Å². The Morgan fingerprint density at radius 2 is 1.18 bits per heavy atom. The molecular formula is C23H40O5. The fraction of sp³-hybridized carbons (Fsp3) is 0.739. The molecule has 162 valence electrons. The summed E-state index contributed by atoms with van der Waals surface area (Å²) in [6.07, 6.45) is 21.3. The number of carboxylic acid groups (broad SMARTS) is 2.